The summed E-state index contributed by atoms with van der Waals surface area (Å²) in [5.74, 6) is -2.46. The molecular formula is C31H42F2N4O9. The Labute approximate surface area is 265 Å². The molecule has 3 aliphatic rings. The van der Waals surface area contributed by atoms with E-state index >= 15 is 0 Å². The highest BCUT2D eigenvalue weighted by Gasteiger charge is 2.50. The van der Waals surface area contributed by atoms with Gasteiger partial charge in [-0.2, -0.15) is 8.78 Å². The van der Waals surface area contributed by atoms with Gasteiger partial charge in [0.05, 0.1) is 46.1 Å². The van der Waals surface area contributed by atoms with Gasteiger partial charge in [-0.05, 0) is 50.3 Å². The lowest BCUT2D eigenvalue weighted by Crippen LogP contribution is -2.59. The fraction of sp³-hybridized carbons (Fsp3) is 0.613. The maximum atomic E-state index is 13.8. The van der Waals surface area contributed by atoms with Crippen molar-refractivity contribution in [3.8, 4) is 5.75 Å². The van der Waals surface area contributed by atoms with Crippen LogP contribution in [0.5, 0.6) is 5.75 Å². The van der Waals surface area contributed by atoms with E-state index in [0.717, 1.165) is 24.8 Å². The van der Waals surface area contributed by atoms with Crippen LogP contribution >= 0.6 is 0 Å². The molecule has 3 amide bonds. The Kier molecular flexibility index (Phi) is 12.6. The number of rotatable bonds is 17. The minimum atomic E-state index is -3.24. The smallest absolute Gasteiger partial charge is 0.345 e. The number of ether oxygens (including phenoxy) is 4. The van der Waals surface area contributed by atoms with Crippen LogP contribution in [0.4, 0.5) is 8.78 Å². The van der Waals surface area contributed by atoms with E-state index in [4.69, 9.17) is 14.2 Å². The van der Waals surface area contributed by atoms with Crippen molar-refractivity contribution in [2.75, 3.05) is 53.2 Å². The molecule has 2 saturated heterocycles. The van der Waals surface area contributed by atoms with Gasteiger partial charge in [0.2, 0.25) is 17.7 Å². The van der Waals surface area contributed by atoms with Gasteiger partial charge in [0.15, 0.2) is 5.78 Å². The van der Waals surface area contributed by atoms with Gasteiger partial charge in [-0.15, -0.1) is 0 Å². The van der Waals surface area contributed by atoms with Crippen LogP contribution < -0.4 is 20.7 Å². The molecule has 0 radical (unpaired) electrons. The second-order valence-electron chi connectivity index (χ2n) is 11.7. The Morgan fingerprint density at radius 3 is 2.33 bits per heavy atom. The molecule has 1 aromatic rings. The van der Waals surface area contributed by atoms with Gasteiger partial charge < -0.3 is 40.0 Å². The zero-order valence-electron chi connectivity index (χ0n) is 26.0. The van der Waals surface area contributed by atoms with Crippen molar-refractivity contribution in [2.24, 2.45) is 0 Å². The number of carbonyl (C=O) groups excluding carboxylic acids is 4. The monoisotopic (exact) mass is 652 g/mol. The van der Waals surface area contributed by atoms with Crippen molar-refractivity contribution in [3.05, 3.63) is 41.5 Å². The Hall–Kier alpha value is -3.50. The Balaban J connectivity index is 1.55. The summed E-state index contributed by atoms with van der Waals surface area (Å²) in [6.07, 6.45) is 3.14. The van der Waals surface area contributed by atoms with Crippen LogP contribution in [0.3, 0.4) is 0 Å². The largest absolute Gasteiger partial charge is 0.497 e. The van der Waals surface area contributed by atoms with E-state index in [9.17, 15) is 33.1 Å². The predicted octanol–water partition coefficient (Wildman–Crippen LogP) is 0.613. The van der Waals surface area contributed by atoms with Gasteiger partial charge in [-0.1, -0.05) is 23.8 Å². The van der Waals surface area contributed by atoms with E-state index in [1.54, 1.807) is 24.0 Å². The quantitative estimate of drug-likeness (QED) is 0.138. The van der Waals surface area contributed by atoms with Gasteiger partial charge in [-0.25, -0.2) is 0 Å². The van der Waals surface area contributed by atoms with Crippen molar-refractivity contribution in [1.82, 2.24) is 20.9 Å². The molecule has 0 bridgehead atoms. The van der Waals surface area contributed by atoms with E-state index in [-0.39, 0.29) is 30.9 Å². The van der Waals surface area contributed by atoms with Crippen LogP contribution in [0, 0.1) is 0 Å². The first-order valence-electron chi connectivity index (χ1n) is 15.3. The molecule has 1 aliphatic carbocycles. The summed E-state index contributed by atoms with van der Waals surface area (Å²) >= 11 is 0. The van der Waals surface area contributed by atoms with E-state index in [2.05, 4.69) is 20.7 Å². The third kappa shape index (κ3) is 10.00. The number of nitrogens with one attached hydrogen (secondary N) is 3. The molecule has 4 rings (SSSR count). The van der Waals surface area contributed by atoms with E-state index in [1.165, 1.54) is 19.2 Å². The van der Waals surface area contributed by atoms with Gasteiger partial charge >= 0.3 is 6.61 Å². The van der Waals surface area contributed by atoms with Crippen LogP contribution in [0.15, 0.2) is 35.9 Å². The summed E-state index contributed by atoms with van der Waals surface area (Å²) in [4.78, 5) is 55.3. The predicted molar refractivity (Wildman–Crippen MR) is 159 cm³/mol. The zero-order chi connectivity index (χ0) is 33.3. The lowest BCUT2D eigenvalue weighted by atomic mass is 9.93. The number of hydrogen-bond donors (Lipinski definition) is 4. The Bertz CT molecular complexity index is 1250. The molecule has 2 fully saturated rings. The minimum absolute atomic E-state index is 0.124. The number of allylic oxidation sites excluding steroid dienone is 1. The fourth-order valence-electron chi connectivity index (χ4n) is 5.36. The third-order valence-corrected chi connectivity index (χ3v) is 8.20. The number of ketones is 1. The van der Waals surface area contributed by atoms with Crippen molar-refractivity contribution < 1.29 is 52.0 Å². The summed E-state index contributed by atoms with van der Waals surface area (Å²) in [5, 5.41) is 18.9. The summed E-state index contributed by atoms with van der Waals surface area (Å²) in [6, 6.07) is 1.71. The van der Waals surface area contributed by atoms with Crippen LogP contribution in [0.25, 0.3) is 0 Å². The SMILES string of the molecule is COc1ccc([C@@H](O)[C@H](NC(=O)[C@H](COC(F)F)NC(=O)CN2CCOCC2)C(=O)N[C@@H](CC2=CCCC2)C(=O)[C@@]2(C)CO2)cc1. The molecule has 1 aromatic carbocycles. The molecular weight excluding hydrogens is 610 g/mol. The molecule has 0 spiro atoms. The standard InChI is InChI=1S/C31H42F2N4O9/c1-31(18-46-31)27(40)22(15-19-5-3-4-6-19)35-29(42)25(26(39)20-7-9-21(43-2)10-8-20)36-28(41)23(17-45-30(32)33)34-24(38)16-37-11-13-44-14-12-37/h5,7-10,22-23,25-26,30,39H,3-4,6,11-18H2,1-2H3,(H,34,38)(H,35,42)(H,36,41)/t22-,23-,25-,26+,31+/m0/s1. The number of aliphatic hydroxyl groups is 1. The van der Waals surface area contributed by atoms with E-state index < -0.39 is 60.8 Å². The highest BCUT2D eigenvalue weighted by atomic mass is 19.3. The number of morpholine rings is 1. The number of epoxide rings is 1. The van der Waals surface area contributed by atoms with E-state index in [0.29, 0.717) is 32.1 Å². The van der Waals surface area contributed by atoms with Gasteiger partial charge in [-0.3, -0.25) is 24.1 Å². The first-order chi connectivity index (χ1) is 22.0. The molecule has 2 aliphatic heterocycles. The number of aliphatic hydroxyl groups excluding tert-OH is 1. The molecule has 254 valence electrons. The number of alkyl halides is 2. The first-order valence-corrected chi connectivity index (χ1v) is 15.3. The number of Topliss-reactive ketones (excluding diaryl/α,β-unsaturated/α-hetero) is 1. The number of benzene rings is 1. The third-order valence-electron chi connectivity index (χ3n) is 8.20. The summed E-state index contributed by atoms with van der Waals surface area (Å²) < 4.78 is 46.1. The lowest BCUT2D eigenvalue weighted by Gasteiger charge is -2.29. The second kappa shape index (κ2) is 16.4. The molecule has 4 N–H and O–H groups in total. The maximum Gasteiger partial charge on any atom is 0.345 e. The van der Waals surface area contributed by atoms with Gasteiger partial charge in [0, 0.05) is 13.1 Å². The minimum Gasteiger partial charge on any atom is -0.497 e. The molecule has 0 saturated carbocycles. The molecule has 46 heavy (non-hydrogen) atoms. The molecule has 5 atom stereocenters. The topological polar surface area (TPSA) is 168 Å². The van der Waals surface area contributed by atoms with Crippen LogP contribution in [0.1, 0.15) is 44.3 Å². The Morgan fingerprint density at radius 2 is 1.74 bits per heavy atom. The highest BCUT2D eigenvalue weighted by Crippen LogP contribution is 2.31. The molecule has 0 unspecified atom stereocenters. The Morgan fingerprint density at radius 1 is 1.04 bits per heavy atom. The van der Waals surface area contributed by atoms with Crippen molar-refractivity contribution >= 4 is 23.5 Å². The molecule has 15 heteroatoms. The number of carbonyl (C=O) groups is 4. The summed E-state index contributed by atoms with van der Waals surface area (Å²) in [6.45, 7) is -0.688. The van der Waals surface area contributed by atoms with Crippen LogP contribution in [0.2, 0.25) is 0 Å². The number of methoxy groups -OCH3 is 1. The average molecular weight is 653 g/mol. The van der Waals surface area contributed by atoms with Gasteiger partial charge in [0.1, 0.15) is 29.5 Å². The number of halogens is 2. The van der Waals surface area contributed by atoms with Crippen LogP contribution in [-0.4, -0.2) is 117 Å². The van der Waals surface area contributed by atoms with Crippen molar-refractivity contribution in [3.63, 3.8) is 0 Å². The van der Waals surface area contributed by atoms with Crippen molar-refractivity contribution in [1.29, 1.82) is 0 Å². The fourth-order valence-corrected chi connectivity index (χ4v) is 5.36. The average Bonchev–Trinajstić information content (AvgIpc) is 3.59. The van der Waals surface area contributed by atoms with Crippen molar-refractivity contribution in [2.45, 2.75) is 69.0 Å². The zero-order valence-corrected chi connectivity index (χ0v) is 26.0. The van der Waals surface area contributed by atoms with Gasteiger partial charge in [0.25, 0.3) is 0 Å². The number of amides is 3. The maximum absolute atomic E-state index is 13.8. The highest BCUT2D eigenvalue weighted by molar-refractivity contribution is 5.99. The number of hydrogen-bond acceptors (Lipinski definition) is 10. The summed E-state index contributed by atoms with van der Waals surface area (Å²) in [5.41, 5.74) is 0.149. The normalized spacial score (nSPS) is 22.3. The first kappa shape index (κ1) is 35.4. The summed E-state index contributed by atoms with van der Waals surface area (Å²) in [7, 11) is 1.46. The molecule has 0 aromatic heterocycles. The second-order valence-corrected chi connectivity index (χ2v) is 11.7. The molecule has 13 nitrogen and oxygen atoms in total. The lowest BCUT2D eigenvalue weighted by molar-refractivity contribution is -0.149. The number of nitrogens with zero attached hydrogens (tertiary/aromatic N) is 1. The van der Waals surface area contributed by atoms with E-state index in [1.807, 2.05) is 6.08 Å². The van der Waals surface area contributed by atoms with Crippen LogP contribution in [-0.2, 0) is 33.4 Å². The molecule has 2 heterocycles.